The van der Waals surface area contributed by atoms with E-state index in [1.165, 1.54) is 7.11 Å². The van der Waals surface area contributed by atoms with E-state index in [1.54, 1.807) is 14.0 Å². The molecule has 0 spiro atoms. The molecule has 0 amide bonds. The molecule has 1 fully saturated rings. The summed E-state index contributed by atoms with van der Waals surface area (Å²) < 4.78 is 46.9. The largest absolute Gasteiger partial charge is 0.488 e. The standard InChI is InChI=1S/C42H46FN3O7/c1-24-30(21-44-17-18-49-5)35(43)29-19-28-20-31-36(46(3)4)39-32(41(45-53-39)52-23-27-15-11-8-12-16-27)25(2)42(31,50-6)40(48)33(28)37(47)34(29)38(24)51-22-26-13-9-7-10-14-26/h7-16,28,31,33,36,44H,2,17-23H2,1,3-6H3. The predicted octanol–water partition coefficient (Wildman–Crippen LogP) is 6.29. The Bertz CT molecular complexity index is 2010. The number of ketones is 2. The maximum atomic E-state index is 16.8. The molecule has 10 nitrogen and oxygen atoms in total. The molecular weight excluding hydrogens is 677 g/mol. The zero-order valence-electron chi connectivity index (χ0n) is 30.9. The number of carbonyl (C=O) groups excluding carboxylic acids is 2. The molecule has 0 aliphatic heterocycles. The minimum atomic E-state index is -1.60. The Hall–Kier alpha value is -4.68. The second-order valence-corrected chi connectivity index (χ2v) is 14.4. The van der Waals surface area contributed by atoms with E-state index in [1.807, 2.05) is 79.7 Å². The smallest absolute Gasteiger partial charge is 0.262 e. The molecule has 5 atom stereocenters. The van der Waals surface area contributed by atoms with Crippen LogP contribution in [0.5, 0.6) is 11.6 Å². The lowest BCUT2D eigenvalue weighted by molar-refractivity contribution is -0.157. The molecule has 4 aromatic rings. The fraction of sp³-hybridized carbons (Fsp3) is 0.405. The molecule has 53 heavy (non-hydrogen) atoms. The number of fused-ring (bicyclic) bond motifs is 4. The number of hydrogen-bond donors (Lipinski definition) is 1. The first kappa shape index (κ1) is 36.7. The predicted molar refractivity (Wildman–Crippen MR) is 196 cm³/mol. The van der Waals surface area contributed by atoms with E-state index in [-0.39, 0.29) is 43.2 Å². The SMILES string of the molecule is C=C1c2c(OCc3ccccc3)noc2C(N(C)C)C2CC3Cc4c(F)c(CNCCOC)c(C)c(OCc5ccccc5)c4C(=O)C3C(=O)C12OC. The van der Waals surface area contributed by atoms with Crippen LogP contribution in [0, 0.1) is 30.5 Å². The van der Waals surface area contributed by atoms with Crippen LogP contribution in [-0.4, -0.2) is 68.7 Å². The lowest BCUT2D eigenvalue weighted by Gasteiger charge is -2.54. The molecule has 0 saturated heterocycles. The van der Waals surface area contributed by atoms with Crippen LogP contribution < -0.4 is 14.8 Å². The number of nitrogens with zero attached hydrogens (tertiary/aromatic N) is 2. The zero-order chi connectivity index (χ0) is 37.4. The Morgan fingerprint density at radius 3 is 2.28 bits per heavy atom. The van der Waals surface area contributed by atoms with Gasteiger partial charge in [0, 0.05) is 49.9 Å². The highest BCUT2D eigenvalue weighted by Gasteiger charge is 2.66. The van der Waals surface area contributed by atoms with E-state index >= 15 is 9.18 Å². The molecule has 0 bridgehead atoms. The molecule has 1 heterocycles. The van der Waals surface area contributed by atoms with E-state index in [0.717, 1.165) is 11.1 Å². The summed E-state index contributed by atoms with van der Waals surface area (Å²) in [6.07, 6.45) is 0.542. The summed E-state index contributed by atoms with van der Waals surface area (Å²) in [5, 5.41) is 7.56. The number of hydrogen-bond acceptors (Lipinski definition) is 10. The molecule has 3 aliphatic carbocycles. The minimum Gasteiger partial charge on any atom is -0.488 e. The molecule has 1 saturated carbocycles. The molecule has 5 unspecified atom stereocenters. The highest BCUT2D eigenvalue weighted by Crippen LogP contribution is 2.60. The molecule has 0 radical (unpaired) electrons. The Labute approximate surface area is 309 Å². The van der Waals surface area contributed by atoms with Crippen LogP contribution in [0.3, 0.4) is 0 Å². The number of carbonyl (C=O) groups is 2. The lowest BCUT2D eigenvalue weighted by Crippen LogP contribution is -2.63. The summed E-state index contributed by atoms with van der Waals surface area (Å²) in [7, 11) is 6.89. The average molecular weight is 724 g/mol. The van der Waals surface area contributed by atoms with Gasteiger partial charge in [-0.05, 0) is 61.6 Å². The van der Waals surface area contributed by atoms with Gasteiger partial charge < -0.3 is 28.8 Å². The first-order chi connectivity index (χ1) is 25.6. The quantitative estimate of drug-likeness (QED) is 0.125. The number of methoxy groups -OCH3 is 2. The van der Waals surface area contributed by atoms with Crippen molar-refractivity contribution in [3.05, 3.63) is 118 Å². The van der Waals surface area contributed by atoms with Gasteiger partial charge in [0.2, 0.25) is 0 Å². The van der Waals surface area contributed by atoms with E-state index in [4.69, 9.17) is 23.5 Å². The topological polar surface area (TPSA) is 112 Å². The Morgan fingerprint density at radius 2 is 1.66 bits per heavy atom. The number of rotatable bonds is 13. The van der Waals surface area contributed by atoms with Crippen LogP contribution >= 0.6 is 0 Å². The second-order valence-electron chi connectivity index (χ2n) is 14.4. The molecule has 1 N–H and O–H groups in total. The van der Waals surface area contributed by atoms with Crippen LogP contribution in [0.1, 0.15) is 62.0 Å². The van der Waals surface area contributed by atoms with Crippen LogP contribution in [0.4, 0.5) is 4.39 Å². The van der Waals surface area contributed by atoms with Crippen molar-refractivity contribution in [1.82, 2.24) is 15.4 Å². The molecule has 7 rings (SSSR count). The molecule has 11 heteroatoms. The van der Waals surface area contributed by atoms with Gasteiger partial charge in [-0.1, -0.05) is 67.2 Å². The first-order valence-corrected chi connectivity index (χ1v) is 18.0. The van der Waals surface area contributed by atoms with Crippen LogP contribution in [0.15, 0.2) is 71.8 Å². The summed E-state index contributed by atoms with van der Waals surface area (Å²) in [6, 6.07) is 18.8. The average Bonchev–Trinajstić information content (AvgIpc) is 3.58. The van der Waals surface area contributed by atoms with E-state index < -0.39 is 46.8 Å². The van der Waals surface area contributed by atoms with Crippen LogP contribution in [-0.2, 0) is 40.4 Å². The summed E-state index contributed by atoms with van der Waals surface area (Å²) in [6.45, 7) is 7.78. The highest BCUT2D eigenvalue weighted by molar-refractivity contribution is 6.20. The number of ether oxygens (including phenoxy) is 4. The maximum Gasteiger partial charge on any atom is 0.262 e. The zero-order valence-corrected chi connectivity index (χ0v) is 30.9. The molecule has 3 aliphatic rings. The summed E-state index contributed by atoms with van der Waals surface area (Å²) in [5.74, 6) is -2.45. The maximum absolute atomic E-state index is 16.8. The molecule has 278 valence electrons. The summed E-state index contributed by atoms with van der Waals surface area (Å²) >= 11 is 0. The Morgan fingerprint density at radius 1 is 1.00 bits per heavy atom. The number of benzene rings is 3. The van der Waals surface area contributed by atoms with Gasteiger partial charge in [0.25, 0.3) is 5.88 Å². The van der Waals surface area contributed by atoms with Gasteiger partial charge >= 0.3 is 0 Å². The third kappa shape index (κ3) is 6.19. The second kappa shape index (κ2) is 15.0. The van der Waals surface area contributed by atoms with Crippen molar-refractivity contribution in [2.24, 2.45) is 17.8 Å². The third-order valence-electron chi connectivity index (χ3n) is 11.2. The lowest BCUT2D eigenvalue weighted by atomic mass is 9.53. The number of halogens is 1. The Balaban J connectivity index is 1.30. The minimum absolute atomic E-state index is 0.124. The van der Waals surface area contributed by atoms with Crippen molar-refractivity contribution in [3.63, 3.8) is 0 Å². The van der Waals surface area contributed by atoms with Crippen molar-refractivity contribution in [3.8, 4) is 11.6 Å². The number of aromatic nitrogens is 1. The van der Waals surface area contributed by atoms with E-state index in [9.17, 15) is 4.79 Å². The van der Waals surface area contributed by atoms with Gasteiger partial charge in [0.05, 0.1) is 29.7 Å². The number of nitrogens with one attached hydrogen (secondary N) is 1. The summed E-state index contributed by atoms with van der Waals surface area (Å²) in [4.78, 5) is 32.1. The number of Topliss-reactive ketones (excluding diaryl/α,β-unsaturated/α-hetero) is 2. The molecular formula is C42H46FN3O7. The van der Waals surface area contributed by atoms with Crippen molar-refractivity contribution in [1.29, 1.82) is 0 Å². The van der Waals surface area contributed by atoms with Crippen molar-refractivity contribution >= 4 is 17.1 Å². The van der Waals surface area contributed by atoms with Crippen molar-refractivity contribution in [2.45, 2.75) is 51.2 Å². The van der Waals surface area contributed by atoms with Crippen molar-refractivity contribution < 1.29 is 37.5 Å². The van der Waals surface area contributed by atoms with Gasteiger partial charge in [-0.3, -0.25) is 14.5 Å². The van der Waals surface area contributed by atoms with Gasteiger partial charge in [0.15, 0.2) is 22.9 Å². The van der Waals surface area contributed by atoms with Gasteiger partial charge in [-0.2, -0.15) is 0 Å². The van der Waals surface area contributed by atoms with Crippen LogP contribution in [0.25, 0.3) is 5.57 Å². The molecule has 3 aromatic carbocycles. The van der Waals surface area contributed by atoms with Gasteiger partial charge in [0.1, 0.15) is 24.8 Å². The summed E-state index contributed by atoms with van der Waals surface area (Å²) in [5.41, 5.74) is 2.37. The first-order valence-electron chi connectivity index (χ1n) is 18.0. The fourth-order valence-electron chi connectivity index (χ4n) is 8.74. The Kier molecular flexibility index (Phi) is 10.4. The van der Waals surface area contributed by atoms with Crippen LogP contribution in [0.2, 0.25) is 0 Å². The highest BCUT2D eigenvalue weighted by atomic mass is 19.1. The normalized spacial score (nSPS) is 23.3. The van der Waals surface area contributed by atoms with E-state index in [2.05, 4.69) is 17.1 Å². The third-order valence-corrected chi connectivity index (χ3v) is 11.2. The molecule has 1 aromatic heterocycles. The van der Waals surface area contributed by atoms with Gasteiger partial charge in [-0.25, -0.2) is 4.39 Å². The monoisotopic (exact) mass is 723 g/mol. The fourth-order valence-corrected chi connectivity index (χ4v) is 8.74. The van der Waals surface area contributed by atoms with E-state index in [0.29, 0.717) is 53.3 Å². The van der Waals surface area contributed by atoms with Crippen molar-refractivity contribution in [2.75, 3.05) is 41.5 Å². The van der Waals surface area contributed by atoms with Gasteiger partial charge in [-0.15, -0.1) is 0 Å².